The lowest BCUT2D eigenvalue weighted by atomic mass is 10.5. The van der Waals surface area contributed by atoms with Crippen LogP contribution in [0.5, 0.6) is 0 Å². The predicted octanol–water partition coefficient (Wildman–Crippen LogP) is -1.68. The van der Waals surface area contributed by atoms with E-state index >= 15 is 0 Å². The minimum absolute atomic E-state index is 0. The lowest BCUT2D eigenvalue weighted by Crippen LogP contribution is -2.12. The van der Waals surface area contributed by atoms with Crippen molar-refractivity contribution in [3.63, 3.8) is 0 Å². The lowest BCUT2D eigenvalue weighted by molar-refractivity contribution is -0.134. The van der Waals surface area contributed by atoms with Gasteiger partial charge in [-0.05, 0) is 0 Å². The van der Waals surface area contributed by atoms with Crippen molar-refractivity contribution in [2.75, 3.05) is 11.9 Å². The summed E-state index contributed by atoms with van der Waals surface area (Å²) in [4.78, 5) is 17.5. The molecule has 1 rings (SSSR count). The summed E-state index contributed by atoms with van der Waals surface area (Å²) >= 11 is 0. The van der Waals surface area contributed by atoms with Gasteiger partial charge in [0.1, 0.15) is 12.9 Å². The van der Waals surface area contributed by atoms with Crippen LogP contribution >= 0.6 is 0 Å². The highest BCUT2D eigenvalue weighted by Crippen LogP contribution is 1.97. The average molecular weight is 189 g/mol. The van der Waals surface area contributed by atoms with Gasteiger partial charge in [-0.1, -0.05) is 0 Å². The van der Waals surface area contributed by atoms with Crippen LogP contribution in [-0.2, 0) is 4.79 Å². The Balaban J connectivity index is 0. The second-order valence-corrected chi connectivity index (χ2v) is 1.87. The molecule has 7 nitrogen and oxygen atoms in total. The van der Waals surface area contributed by atoms with Crippen molar-refractivity contribution in [2.45, 2.75) is 0 Å². The molecule has 74 valence electrons. The molecule has 0 unspecified atom stereocenters. The third-order valence-corrected chi connectivity index (χ3v) is 1.00. The molecule has 1 heterocycles. The highest BCUT2D eigenvalue weighted by atomic mass is 16.4. The molecule has 0 aromatic carbocycles. The molecule has 0 amide bonds. The number of carboxylic acids is 1. The van der Waals surface area contributed by atoms with Crippen molar-refractivity contribution in [3.05, 3.63) is 18.7 Å². The molecule has 0 aliphatic heterocycles. The SMILES string of the molecule is O.O.O=C(O)CNc1cncnc1. The third kappa shape index (κ3) is 5.53. The molecule has 0 bridgehead atoms. The number of aliphatic carboxylic acids is 1. The molecule has 0 atom stereocenters. The predicted molar refractivity (Wildman–Crippen MR) is 45.4 cm³/mol. The zero-order chi connectivity index (χ0) is 8.10. The molecule has 0 fully saturated rings. The molecule has 0 saturated heterocycles. The van der Waals surface area contributed by atoms with E-state index in [1.165, 1.54) is 18.7 Å². The fraction of sp³-hybridized carbons (Fsp3) is 0.167. The lowest BCUT2D eigenvalue weighted by Gasteiger charge is -1.99. The van der Waals surface area contributed by atoms with E-state index in [2.05, 4.69) is 15.3 Å². The number of nitrogens with one attached hydrogen (secondary N) is 1. The summed E-state index contributed by atoms with van der Waals surface area (Å²) in [6.07, 6.45) is 4.40. The normalized spacial score (nSPS) is 7.69. The first-order chi connectivity index (χ1) is 5.29. The number of aromatic nitrogens is 2. The van der Waals surface area contributed by atoms with Gasteiger partial charge in [-0.15, -0.1) is 0 Å². The van der Waals surface area contributed by atoms with Crippen molar-refractivity contribution >= 4 is 11.7 Å². The van der Waals surface area contributed by atoms with E-state index in [0.29, 0.717) is 5.69 Å². The molecule has 1 aromatic heterocycles. The van der Waals surface area contributed by atoms with Crippen LogP contribution in [0.3, 0.4) is 0 Å². The van der Waals surface area contributed by atoms with Gasteiger partial charge in [-0.2, -0.15) is 0 Å². The molecule has 0 spiro atoms. The molecular formula is C6H11N3O4. The first-order valence-electron chi connectivity index (χ1n) is 2.99. The van der Waals surface area contributed by atoms with Crippen LogP contribution in [0.15, 0.2) is 18.7 Å². The van der Waals surface area contributed by atoms with E-state index < -0.39 is 5.97 Å². The van der Waals surface area contributed by atoms with E-state index in [4.69, 9.17) is 5.11 Å². The van der Waals surface area contributed by atoms with E-state index in [1.807, 2.05) is 0 Å². The van der Waals surface area contributed by atoms with Crippen LogP contribution in [0.2, 0.25) is 0 Å². The van der Waals surface area contributed by atoms with Gasteiger partial charge in [0.15, 0.2) is 0 Å². The van der Waals surface area contributed by atoms with Gasteiger partial charge in [-0.25, -0.2) is 9.97 Å². The smallest absolute Gasteiger partial charge is 0.322 e. The largest absolute Gasteiger partial charge is 0.480 e. The molecular weight excluding hydrogens is 178 g/mol. The molecule has 0 radical (unpaired) electrons. The second kappa shape index (κ2) is 6.95. The summed E-state index contributed by atoms with van der Waals surface area (Å²) in [5, 5.41) is 10.9. The maximum atomic E-state index is 10.1. The quantitative estimate of drug-likeness (QED) is 0.584. The van der Waals surface area contributed by atoms with Crippen molar-refractivity contribution in [1.82, 2.24) is 9.97 Å². The summed E-state index contributed by atoms with van der Waals surface area (Å²) in [6.45, 7) is -0.118. The van der Waals surface area contributed by atoms with Crippen LogP contribution < -0.4 is 5.32 Å². The summed E-state index contributed by atoms with van der Waals surface area (Å²) in [5.41, 5.74) is 0.606. The van der Waals surface area contributed by atoms with Crippen molar-refractivity contribution in [1.29, 1.82) is 0 Å². The van der Waals surface area contributed by atoms with Gasteiger partial charge in [0, 0.05) is 0 Å². The zero-order valence-corrected chi connectivity index (χ0v) is 6.69. The number of hydrogen-bond donors (Lipinski definition) is 2. The van der Waals surface area contributed by atoms with Gasteiger partial charge >= 0.3 is 5.97 Å². The molecule has 0 aliphatic rings. The number of anilines is 1. The summed E-state index contributed by atoms with van der Waals surface area (Å²) < 4.78 is 0. The molecule has 13 heavy (non-hydrogen) atoms. The monoisotopic (exact) mass is 189 g/mol. The van der Waals surface area contributed by atoms with Gasteiger partial charge in [0.25, 0.3) is 0 Å². The highest BCUT2D eigenvalue weighted by molar-refractivity contribution is 5.72. The maximum Gasteiger partial charge on any atom is 0.322 e. The number of carboxylic acid groups (broad SMARTS) is 1. The van der Waals surface area contributed by atoms with Crippen LogP contribution in [-0.4, -0.2) is 38.5 Å². The molecule has 0 aliphatic carbocycles. The minimum Gasteiger partial charge on any atom is -0.480 e. The zero-order valence-electron chi connectivity index (χ0n) is 6.69. The Morgan fingerprint density at radius 1 is 1.38 bits per heavy atom. The Kier molecular flexibility index (Phi) is 7.39. The minimum atomic E-state index is -0.908. The number of hydrogen-bond acceptors (Lipinski definition) is 4. The second-order valence-electron chi connectivity index (χ2n) is 1.87. The summed E-state index contributed by atoms with van der Waals surface area (Å²) in [5.74, 6) is -0.908. The Bertz CT molecular complexity index is 241. The van der Waals surface area contributed by atoms with Gasteiger partial charge in [-0.3, -0.25) is 4.79 Å². The summed E-state index contributed by atoms with van der Waals surface area (Å²) in [6, 6.07) is 0. The van der Waals surface area contributed by atoms with Gasteiger partial charge in [0.05, 0.1) is 18.1 Å². The third-order valence-electron chi connectivity index (χ3n) is 1.00. The first-order valence-corrected chi connectivity index (χ1v) is 2.99. The van der Waals surface area contributed by atoms with Gasteiger partial charge < -0.3 is 21.4 Å². The Morgan fingerprint density at radius 3 is 2.38 bits per heavy atom. The van der Waals surface area contributed by atoms with Crippen LogP contribution in [0.1, 0.15) is 0 Å². The fourth-order valence-electron chi connectivity index (χ4n) is 0.568. The number of rotatable bonds is 3. The molecule has 6 N–H and O–H groups in total. The van der Waals surface area contributed by atoms with E-state index in [1.54, 1.807) is 0 Å². The average Bonchev–Trinajstić information content (AvgIpc) is 2.03. The Hall–Kier alpha value is -1.73. The molecule has 7 heteroatoms. The Morgan fingerprint density at radius 2 is 1.92 bits per heavy atom. The summed E-state index contributed by atoms with van der Waals surface area (Å²) in [7, 11) is 0. The molecule has 1 aromatic rings. The highest BCUT2D eigenvalue weighted by Gasteiger charge is 1.95. The number of carbonyl (C=O) groups is 1. The Labute approximate surface area is 74.1 Å². The van der Waals surface area contributed by atoms with E-state index in [-0.39, 0.29) is 17.5 Å². The topological polar surface area (TPSA) is 138 Å². The van der Waals surface area contributed by atoms with Crippen LogP contribution in [0.4, 0.5) is 5.69 Å². The van der Waals surface area contributed by atoms with E-state index in [9.17, 15) is 4.79 Å². The fourth-order valence-corrected chi connectivity index (χ4v) is 0.568. The standard InChI is InChI=1S/C6H7N3O2.2H2O/c10-6(11)3-9-5-1-7-4-8-2-5;;/h1-2,4,9H,3H2,(H,10,11);2*1H2. The van der Waals surface area contributed by atoms with Crippen LogP contribution in [0, 0.1) is 0 Å². The molecule has 0 saturated carbocycles. The first kappa shape index (κ1) is 13.8. The number of nitrogens with zero attached hydrogens (tertiary/aromatic N) is 2. The van der Waals surface area contributed by atoms with Crippen molar-refractivity contribution < 1.29 is 20.9 Å². The van der Waals surface area contributed by atoms with Gasteiger partial charge in [0.2, 0.25) is 0 Å². The van der Waals surface area contributed by atoms with Crippen molar-refractivity contribution in [3.8, 4) is 0 Å². The maximum absolute atomic E-state index is 10.1. The van der Waals surface area contributed by atoms with E-state index in [0.717, 1.165) is 0 Å². The van der Waals surface area contributed by atoms with Crippen molar-refractivity contribution in [2.24, 2.45) is 0 Å². The van der Waals surface area contributed by atoms with Crippen LogP contribution in [0.25, 0.3) is 0 Å².